The first kappa shape index (κ1) is 37.8. The van der Waals surface area contributed by atoms with E-state index in [1.54, 1.807) is 30.6 Å². The fourth-order valence-electron chi connectivity index (χ4n) is 7.64. The van der Waals surface area contributed by atoms with Gasteiger partial charge in [-0.15, -0.1) is 13.2 Å². The summed E-state index contributed by atoms with van der Waals surface area (Å²) in [5.41, 5.74) is 14.9. The Morgan fingerprint density at radius 2 is 1.20 bits per heavy atom. The second-order valence-corrected chi connectivity index (χ2v) is 13.8. The zero-order valence-corrected chi connectivity index (χ0v) is 29.5. The molecule has 2 aromatic carbocycles. The standard InChI is InChI=1S/C19H20F3N5.C18H19F3N6O/c20-19(21,22)14-3-1-13(2-4-14)18(11-23)6-9-27(10-7-18)17-15-5-8-24-16(15)25-12-26-17;19-18(20,21)28-13-3-1-12(2-4-13)17(9-22)5-7-27(8-6-17)16-14-15(24-10-23-14)25-11-26-16/h1-5,8,12H,6-7,9-11,23H2,(H,24,25,26);1-4,10-11H,5-9,22H2,(H,23,24,25,26). The Kier molecular flexibility index (Phi) is 10.3. The molecule has 6 heterocycles. The van der Waals surface area contributed by atoms with Crippen molar-refractivity contribution in [2.24, 2.45) is 11.5 Å². The van der Waals surface area contributed by atoms with Gasteiger partial charge in [0.15, 0.2) is 11.5 Å². The molecule has 4 aromatic heterocycles. The van der Waals surface area contributed by atoms with Crippen molar-refractivity contribution in [1.29, 1.82) is 0 Å². The van der Waals surface area contributed by atoms with Crippen molar-refractivity contribution < 1.29 is 31.1 Å². The van der Waals surface area contributed by atoms with Gasteiger partial charge in [0, 0.05) is 56.3 Å². The van der Waals surface area contributed by atoms with Gasteiger partial charge in [-0.3, -0.25) is 0 Å². The van der Waals surface area contributed by atoms with E-state index in [1.807, 2.05) is 12.3 Å². The summed E-state index contributed by atoms with van der Waals surface area (Å²) in [6.45, 7) is 3.69. The molecule has 0 saturated carbocycles. The quantitative estimate of drug-likeness (QED) is 0.137. The summed E-state index contributed by atoms with van der Waals surface area (Å²) in [4.78, 5) is 31.8. The lowest BCUT2D eigenvalue weighted by Gasteiger charge is -2.42. The molecule has 290 valence electrons. The molecule has 0 unspecified atom stereocenters. The fraction of sp³-hybridized carbons (Fsp3) is 0.378. The zero-order chi connectivity index (χ0) is 38.8. The van der Waals surface area contributed by atoms with Crippen LogP contribution in [0.3, 0.4) is 0 Å². The predicted octanol–water partition coefficient (Wildman–Crippen LogP) is 6.22. The van der Waals surface area contributed by atoms with Gasteiger partial charge in [0.2, 0.25) is 0 Å². The van der Waals surface area contributed by atoms with Crippen LogP contribution in [0.5, 0.6) is 5.75 Å². The van der Waals surface area contributed by atoms with E-state index >= 15 is 0 Å². The Morgan fingerprint density at radius 1 is 0.655 bits per heavy atom. The van der Waals surface area contributed by atoms with Gasteiger partial charge in [-0.25, -0.2) is 24.9 Å². The maximum atomic E-state index is 12.8. The molecule has 12 nitrogen and oxygen atoms in total. The van der Waals surface area contributed by atoms with Crippen LogP contribution in [0.25, 0.3) is 22.2 Å². The van der Waals surface area contributed by atoms with Crippen molar-refractivity contribution in [2.75, 3.05) is 49.1 Å². The van der Waals surface area contributed by atoms with Gasteiger partial charge in [-0.05, 0) is 67.1 Å². The molecule has 2 aliphatic rings. The molecule has 6 aromatic rings. The Labute approximate surface area is 311 Å². The number of anilines is 2. The molecule has 6 N–H and O–H groups in total. The first-order chi connectivity index (χ1) is 26.3. The number of benzene rings is 2. The van der Waals surface area contributed by atoms with E-state index in [0.29, 0.717) is 31.8 Å². The number of hydrogen-bond acceptors (Lipinski definition) is 10. The maximum Gasteiger partial charge on any atom is 0.573 e. The Hall–Kier alpha value is -5.49. The third kappa shape index (κ3) is 7.86. The third-order valence-electron chi connectivity index (χ3n) is 10.9. The average molecular weight is 768 g/mol. The van der Waals surface area contributed by atoms with Gasteiger partial charge in [-0.1, -0.05) is 24.3 Å². The minimum absolute atomic E-state index is 0.233. The van der Waals surface area contributed by atoms with Crippen molar-refractivity contribution in [3.05, 3.63) is 96.5 Å². The number of hydrogen-bond donors (Lipinski definition) is 4. The van der Waals surface area contributed by atoms with E-state index in [1.165, 1.54) is 24.8 Å². The second-order valence-electron chi connectivity index (χ2n) is 13.8. The number of piperidine rings is 2. The summed E-state index contributed by atoms with van der Waals surface area (Å²) >= 11 is 0. The molecule has 55 heavy (non-hydrogen) atoms. The SMILES string of the molecule is NCC1(c2ccc(C(F)(F)F)cc2)CCN(c2ncnc3[nH]ccc23)CC1.NCC1(c2ccc(OC(F)(F)F)cc2)CCN(c2ncnc3nc[nH]c23)CC1. The van der Waals surface area contributed by atoms with Crippen LogP contribution in [0, 0.1) is 0 Å². The maximum absolute atomic E-state index is 12.8. The van der Waals surface area contributed by atoms with Crippen molar-refractivity contribution in [3.63, 3.8) is 0 Å². The topological polar surface area (TPSA) is 164 Å². The van der Waals surface area contributed by atoms with Gasteiger partial charge in [-0.2, -0.15) is 13.2 Å². The highest BCUT2D eigenvalue weighted by atomic mass is 19.4. The molecule has 2 fully saturated rings. The van der Waals surface area contributed by atoms with Gasteiger partial charge < -0.3 is 36.0 Å². The molecule has 0 bridgehead atoms. The molecule has 8 rings (SSSR count). The fourth-order valence-corrected chi connectivity index (χ4v) is 7.64. The number of H-pyrrole nitrogens is 2. The number of fused-ring (bicyclic) bond motifs is 2. The molecular weight excluding hydrogens is 728 g/mol. The number of aromatic amines is 2. The summed E-state index contributed by atoms with van der Waals surface area (Å²) in [6, 6.07) is 13.4. The van der Waals surface area contributed by atoms with Crippen molar-refractivity contribution in [2.45, 2.75) is 49.1 Å². The first-order valence-corrected chi connectivity index (χ1v) is 17.7. The van der Waals surface area contributed by atoms with E-state index in [0.717, 1.165) is 90.2 Å². The Balaban J connectivity index is 0.000000169. The summed E-state index contributed by atoms with van der Waals surface area (Å²) in [6.07, 6.45) is 0.430. The monoisotopic (exact) mass is 767 g/mol. The van der Waals surface area contributed by atoms with Crippen LogP contribution in [-0.4, -0.2) is 80.5 Å². The normalized spacial score (nSPS) is 17.2. The number of alkyl halides is 6. The number of aromatic nitrogens is 7. The van der Waals surface area contributed by atoms with Gasteiger partial charge in [0.1, 0.15) is 35.4 Å². The van der Waals surface area contributed by atoms with Crippen LogP contribution in [0.15, 0.2) is 79.8 Å². The minimum atomic E-state index is -4.70. The number of ether oxygens (including phenoxy) is 1. The van der Waals surface area contributed by atoms with Gasteiger partial charge in [0.05, 0.1) is 17.3 Å². The number of nitrogens with zero attached hydrogens (tertiary/aromatic N) is 7. The van der Waals surface area contributed by atoms with Crippen LogP contribution in [0.4, 0.5) is 38.0 Å². The zero-order valence-electron chi connectivity index (χ0n) is 29.5. The van der Waals surface area contributed by atoms with Gasteiger partial charge in [0.25, 0.3) is 0 Å². The van der Waals surface area contributed by atoms with Crippen LogP contribution in [0.2, 0.25) is 0 Å². The van der Waals surface area contributed by atoms with E-state index in [2.05, 4.69) is 49.4 Å². The number of nitrogens with two attached hydrogens (primary N) is 2. The summed E-state index contributed by atoms with van der Waals surface area (Å²) < 4.78 is 79.5. The molecular formula is C37H39F6N11O. The van der Waals surface area contributed by atoms with E-state index < -0.39 is 18.1 Å². The molecule has 2 saturated heterocycles. The lowest BCUT2D eigenvalue weighted by molar-refractivity contribution is -0.274. The third-order valence-corrected chi connectivity index (χ3v) is 10.9. The lowest BCUT2D eigenvalue weighted by Crippen LogP contribution is -2.47. The molecule has 0 radical (unpaired) electrons. The molecule has 0 atom stereocenters. The minimum Gasteiger partial charge on any atom is -0.406 e. The van der Waals surface area contributed by atoms with Crippen molar-refractivity contribution in [3.8, 4) is 5.75 Å². The molecule has 18 heteroatoms. The smallest absolute Gasteiger partial charge is 0.406 e. The molecule has 0 amide bonds. The van der Waals surface area contributed by atoms with Crippen LogP contribution in [0.1, 0.15) is 42.4 Å². The van der Waals surface area contributed by atoms with E-state index in [4.69, 9.17) is 11.5 Å². The Bertz CT molecular complexity index is 2190. The Morgan fingerprint density at radius 3 is 1.76 bits per heavy atom. The summed E-state index contributed by atoms with van der Waals surface area (Å²) in [7, 11) is 0. The van der Waals surface area contributed by atoms with Crippen molar-refractivity contribution in [1.82, 2.24) is 34.9 Å². The molecule has 0 aliphatic carbocycles. The molecule has 2 aliphatic heterocycles. The highest BCUT2D eigenvalue weighted by Crippen LogP contribution is 2.40. The lowest BCUT2D eigenvalue weighted by atomic mass is 9.72. The number of nitrogens with one attached hydrogen (secondary N) is 2. The largest absolute Gasteiger partial charge is 0.573 e. The molecule has 0 spiro atoms. The van der Waals surface area contributed by atoms with Crippen LogP contribution < -0.4 is 26.0 Å². The van der Waals surface area contributed by atoms with Crippen LogP contribution in [-0.2, 0) is 17.0 Å². The predicted molar refractivity (Wildman–Crippen MR) is 195 cm³/mol. The highest BCUT2D eigenvalue weighted by molar-refractivity contribution is 5.87. The number of halogens is 6. The first-order valence-electron chi connectivity index (χ1n) is 17.7. The van der Waals surface area contributed by atoms with Gasteiger partial charge >= 0.3 is 12.5 Å². The number of rotatable bonds is 7. The summed E-state index contributed by atoms with van der Waals surface area (Å²) in [5, 5.41) is 0.965. The van der Waals surface area contributed by atoms with Crippen molar-refractivity contribution >= 4 is 33.8 Å². The number of imidazole rings is 1. The van der Waals surface area contributed by atoms with E-state index in [9.17, 15) is 26.3 Å². The summed E-state index contributed by atoms with van der Waals surface area (Å²) in [5.74, 6) is 1.44. The second kappa shape index (κ2) is 15.0. The van der Waals surface area contributed by atoms with Crippen LogP contribution >= 0.6 is 0 Å². The highest BCUT2D eigenvalue weighted by Gasteiger charge is 2.38. The average Bonchev–Trinajstić information content (AvgIpc) is 3.88. The van der Waals surface area contributed by atoms with E-state index in [-0.39, 0.29) is 16.6 Å².